The van der Waals surface area contributed by atoms with E-state index in [0.717, 1.165) is 24.4 Å². The van der Waals surface area contributed by atoms with Crippen molar-refractivity contribution in [2.24, 2.45) is 5.73 Å². The van der Waals surface area contributed by atoms with E-state index in [1.54, 1.807) is 6.26 Å². The quantitative estimate of drug-likeness (QED) is 0.870. The molecule has 0 bridgehead atoms. The van der Waals surface area contributed by atoms with Gasteiger partial charge in [-0.1, -0.05) is 0 Å². The zero-order chi connectivity index (χ0) is 11.7. The largest absolute Gasteiger partial charge is 0.468 e. The Bertz CT molecular complexity index is 337. The number of hydrogen-bond donors (Lipinski definition) is 1. The van der Waals surface area contributed by atoms with Gasteiger partial charge >= 0.3 is 0 Å². The first-order valence-corrected chi connectivity index (χ1v) is 6.86. The van der Waals surface area contributed by atoms with Crippen LogP contribution < -0.4 is 5.73 Å². The average molecular weight is 234 g/mol. The average Bonchev–Trinajstić information content (AvgIpc) is 3.05. The number of furan rings is 1. The van der Waals surface area contributed by atoms with Gasteiger partial charge in [0.25, 0.3) is 0 Å². The second-order valence-electron chi connectivity index (χ2n) is 5.55. The van der Waals surface area contributed by atoms with Gasteiger partial charge in [-0.05, 0) is 50.7 Å². The molecule has 2 saturated carbocycles. The molecule has 0 unspecified atom stereocenters. The van der Waals surface area contributed by atoms with Crippen molar-refractivity contribution < 1.29 is 4.42 Å². The Kier molecular flexibility index (Phi) is 3.21. The highest BCUT2D eigenvalue weighted by Crippen LogP contribution is 2.34. The molecule has 2 aliphatic carbocycles. The summed E-state index contributed by atoms with van der Waals surface area (Å²) in [7, 11) is 0. The molecular formula is C14H22N2O. The van der Waals surface area contributed by atoms with E-state index in [0.29, 0.717) is 6.04 Å². The van der Waals surface area contributed by atoms with E-state index in [9.17, 15) is 0 Å². The van der Waals surface area contributed by atoms with Crippen LogP contribution in [-0.2, 0) is 6.54 Å². The van der Waals surface area contributed by atoms with Crippen molar-refractivity contribution in [1.29, 1.82) is 0 Å². The van der Waals surface area contributed by atoms with Crippen LogP contribution >= 0.6 is 0 Å². The number of nitrogens with two attached hydrogens (primary N) is 1. The predicted molar refractivity (Wildman–Crippen MR) is 67.5 cm³/mol. The monoisotopic (exact) mass is 234 g/mol. The van der Waals surface area contributed by atoms with E-state index in [-0.39, 0.29) is 0 Å². The van der Waals surface area contributed by atoms with E-state index in [1.807, 2.05) is 6.07 Å². The normalized spacial score (nSPS) is 29.8. The molecule has 2 N–H and O–H groups in total. The molecule has 0 radical (unpaired) electrons. The summed E-state index contributed by atoms with van der Waals surface area (Å²) in [6.07, 6.45) is 9.40. The highest BCUT2D eigenvalue weighted by Gasteiger charge is 2.35. The minimum atomic E-state index is 0.441. The van der Waals surface area contributed by atoms with Crippen molar-refractivity contribution in [3.8, 4) is 0 Å². The third-order valence-corrected chi connectivity index (χ3v) is 4.14. The first kappa shape index (κ1) is 11.3. The van der Waals surface area contributed by atoms with Gasteiger partial charge in [-0.15, -0.1) is 0 Å². The van der Waals surface area contributed by atoms with Crippen molar-refractivity contribution in [2.45, 2.75) is 63.2 Å². The van der Waals surface area contributed by atoms with Crippen LogP contribution in [0.2, 0.25) is 0 Å². The van der Waals surface area contributed by atoms with Crippen LogP contribution in [0, 0.1) is 0 Å². The third kappa shape index (κ3) is 2.72. The molecule has 17 heavy (non-hydrogen) atoms. The lowest BCUT2D eigenvalue weighted by atomic mass is 9.90. The maximum absolute atomic E-state index is 5.99. The van der Waals surface area contributed by atoms with E-state index in [4.69, 9.17) is 10.2 Å². The van der Waals surface area contributed by atoms with E-state index in [2.05, 4.69) is 11.0 Å². The van der Waals surface area contributed by atoms with Crippen LogP contribution in [-0.4, -0.2) is 23.0 Å². The van der Waals surface area contributed by atoms with Gasteiger partial charge in [0.1, 0.15) is 5.76 Å². The lowest BCUT2D eigenvalue weighted by Gasteiger charge is -2.35. The molecule has 3 heteroatoms. The maximum atomic E-state index is 5.99. The first-order chi connectivity index (χ1) is 8.33. The summed E-state index contributed by atoms with van der Waals surface area (Å²) < 4.78 is 5.49. The Labute approximate surface area is 103 Å². The van der Waals surface area contributed by atoms with Crippen LogP contribution in [0.1, 0.15) is 44.3 Å². The van der Waals surface area contributed by atoms with E-state index < -0.39 is 0 Å². The summed E-state index contributed by atoms with van der Waals surface area (Å²) in [5, 5.41) is 0. The van der Waals surface area contributed by atoms with Crippen LogP contribution in [0.25, 0.3) is 0 Å². The highest BCUT2D eigenvalue weighted by atomic mass is 16.3. The van der Waals surface area contributed by atoms with Gasteiger partial charge in [0, 0.05) is 18.1 Å². The summed E-state index contributed by atoms with van der Waals surface area (Å²) in [6.45, 7) is 0.984. The Morgan fingerprint density at radius 1 is 1.12 bits per heavy atom. The zero-order valence-corrected chi connectivity index (χ0v) is 10.3. The Morgan fingerprint density at radius 2 is 1.76 bits per heavy atom. The number of rotatable bonds is 4. The molecule has 0 saturated heterocycles. The van der Waals surface area contributed by atoms with Gasteiger partial charge < -0.3 is 10.2 Å². The lowest BCUT2D eigenvalue weighted by molar-refractivity contribution is 0.124. The molecular weight excluding hydrogens is 212 g/mol. The molecule has 0 spiro atoms. The first-order valence-electron chi connectivity index (χ1n) is 6.86. The summed E-state index contributed by atoms with van der Waals surface area (Å²) >= 11 is 0. The van der Waals surface area contributed by atoms with Crippen molar-refractivity contribution in [2.75, 3.05) is 0 Å². The minimum Gasteiger partial charge on any atom is -0.468 e. The molecule has 0 aliphatic heterocycles. The van der Waals surface area contributed by atoms with Crippen LogP contribution in [0.15, 0.2) is 22.8 Å². The van der Waals surface area contributed by atoms with Crippen molar-refractivity contribution in [3.05, 3.63) is 24.2 Å². The number of hydrogen-bond acceptors (Lipinski definition) is 3. The SMILES string of the molecule is NC1CCC(N(Cc2ccco2)C2CC2)CC1. The van der Waals surface area contributed by atoms with Crippen molar-refractivity contribution >= 4 is 0 Å². The molecule has 94 valence electrons. The van der Waals surface area contributed by atoms with Gasteiger partial charge in [-0.2, -0.15) is 0 Å². The topological polar surface area (TPSA) is 42.4 Å². The molecule has 1 aromatic rings. The maximum Gasteiger partial charge on any atom is 0.117 e. The molecule has 0 aromatic carbocycles. The zero-order valence-electron chi connectivity index (χ0n) is 10.3. The summed E-state index contributed by atoms with van der Waals surface area (Å²) in [6, 6.07) is 6.05. The van der Waals surface area contributed by atoms with Crippen LogP contribution in [0.5, 0.6) is 0 Å². The van der Waals surface area contributed by atoms with E-state index in [1.165, 1.54) is 38.5 Å². The third-order valence-electron chi connectivity index (χ3n) is 4.14. The highest BCUT2D eigenvalue weighted by molar-refractivity contribution is 5.01. The minimum absolute atomic E-state index is 0.441. The molecule has 1 heterocycles. The second-order valence-corrected chi connectivity index (χ2v) is 5.55. The fourth-order valence-corrected chi connectivity index (χ4v) is 2.98. The van der Waals surface area contributed by atoms with Crippen molar-refractivity contribution in [1.82, 2.24) is 4.90 Å². The fraction of sp³-hybridized carbons (Fsp3) is 0.714. The van der Waals surface area contributed by atoms with Gasteiger partial charge in [0.2, 0.25) is 0 Å². The molecule has 0 atom stereocenters. The molecule has 1 aromatic heterocycles. The molecule has 3 nitrogen and oxygen atoms in total. The smallest absolute Gasteiger partial charge is 0.117 e. The van der Waals surface area contributed by atoms with Crippen molar-refractivity contribution in [3.63, 3.8) is 0 Å². The van der Waals surface area contributed by atoms with Crippen LogP contribution in [0.3, 0.4) is 0 Å². The summed E-state index contributed by atoms with van der Waals surface area (Å²) in [5.41, 5.74) is 5.99. The van der Waals surface area contributed by atoms with Gasteiger partial charge in [-0.25, -0.2) is 0 Å². The Morgan fingerprint density at radius 3 is 2.29 bits per heavy atom. The standard InChI is InChI=1S/C14H22N2O/c15-11-3-5-12(6-4-11)16(13-7-8-13)10-14-2-1-9-17-14/h1-2,9,11-13H,3-8,10,15H2. The summed E-state index contributed by atoms with van der Waals surface area (Å²) in [4.78, 5) is 2.66. The lowest BCUT2D eigenvalue weighted by Crippen LogP contribution is -2.41. The fourth-order valence-electron chi connectivity index (χ4n) is 2.98. The number of nitrogens with zero attached hydrogens (tertiary/aromatic N) is 1. The van der Waals surface area contributed by atoms with E-state index >= 15 is 0 Å². The van der Waals surface area contributed by atoms with Gasteiger partial charge in [-0.3, -0.25) is 4.90 Å². The second kappa shape index (κ2) is 4.83. The van der Waals surface area contributed by atoms with Crippen LogP contribution in [0.4, 0.5) is 0 Å². The molecule has 2 fully saturated rings. The van der Waals surface area contributed by atoms with Gasteiger partial charge in [0.15, 0.2) is 0 Å². The Balaban J connectivity index is 1.63. The van der Waals surface area contributed by atoms with Gasteiger partial charge in [0.05, 0.1) is 12.8 Å². The molecule has 3 rings (SSSR count). The molecule has 0 amide bonds. The molecule has 2 aliphatic rings. The summed E-state index contributed by atoms with van der Waals surface area (Å²) in [5.74, 6) is 1.10. The Hall–Kier alpha value is -0.800. The predicted octanol–water partition coefficient (Wildman–Crippen LogP) is 2.51.